The first-order chi connectivity index (χ1) is 6.33. The zero-order valence-corrected chi connectivity index (χ0v) is 8.81. The highest BCUT2D eigenvalue weighted by Gasteiger charge is 2.13. The SMILES string of the molecule is COCC(C)NCC1CCNCC1. The first-order valence-corrected chi connectivity index (χ1v) is 5.26. The van der Waals surface area contributed by atoms with Gasteiger partial charge in [-0.25, -0.2) is 0 Å². The summed E-state index contributed by atoms with van der Waals surface area (Å²) in [4.78, 5) is 0. The lowest BCUT2D eigenvalue weighted by atomic mass is 9.98. The summed E-state index contributed by atoms with van der Waals surface area (Å²) in [6, 6.07) is 0.486. The quantitative estimate of drug-likeness (QED) is 0.660. The molecule has 3 nitrogen and oxygen atoms in total. The fourth-order valence-electron chi connectivity index (χ4n) is 1.76. The highest BCUT2D eigenvalue weighted by molar-refractivity contribution is 4.72. The van der Waals surface area contributed by atoms with Crippen LogP contribution in [0.3, 0.4) is 0 Å². The Morgan fingerprint density at radius 1 is 1.46 bits per heavy atom. The number of rotatable bonds is 5. The van der Waals surface area contributed by atoms with E-state index in [4.69, 9.17) is 4.74 Å². The van der Waals surface area contributed by atoms with Crippen LogP contribution in [0.2, 0.25) is 0 Å². The van der Waals surface area contributed by atoms with Crippen LogP contribution in [0.5, 0.6) is 0 Å². The molecule has 0 aromatic rings. The van der Waals surface area contributed by atoms with Crippen molar-refractivity contribution in [1.82, 2.24) is 10.6 Å². The molecule has 1 heterocycles. The summed E-state index contributed by atoms with van der Waals surface area (Å²) in [5.41, 5.74) is 0. The molecule has 0 radical (unpaired) electrons. The van der Waals surface area contributed by atoms with Crippen molar-refractivity contribution < 1.29 is 4.74 Å². The number of ether oxygens (including phenoxy) is 1. The Balaban J connectivity index is 2.03. The Hall–Kier alpha value is -0.120. The summed E-state index contributed by atoms with van der Waals surface area (Å²) in [6.07, 6.45) is 2.62. The van der Waals surface area contributed by atoms with Gasteiger partial charge in [0.15, 0.2) is 0 Å². The van der Waals surface area contributed by atoms with Crippen LogP contribution in [0.25, 0.3) is 0 Å². The van der Waals surface area contributed by atoms with E-state index in [2.05, 4.69) is 17.6 Å². The molecule has 0 aromatic heterocycles. The fraction of sp³-hybridized carbons (Fsp3) is 1.00. The van der Waals surface area contributed by atoms with E-state index in [0.29, 0.717) is 6.04 Å². The van der Waals surface area contributed by atoms with E-state index in [9.17, 15) is 0 Å². The van der Waals surface area contributed by atoms with E-state index >= 15 is 0 Å². The molecule has 1 unspecified atom stereocenters. The van der Waals surface area contributed by atoms with Crippen LogP contribution in [0, 0.1) is 5.92 Å². The molecule has 0 bridgehead atoms. The van der Waals surface area contributed by atoms with Crippen LogP contribution in [0.1, 0.15) is 19.8 Å². The topological polar surface area (TPSA) is 33.3 Å². The molecule has 2 N–H and O–H groups in total. The van der Waals surface area contributed by atoms with Gasteiger partial charge in [0.25, 0.3) is 0 Å². The van der Waals surface area contributed by atoms with Crippen LogP contribution in [-0.2, 0) is 4.74 Å². The number of hydrogen-bond donors (Lipinski definition) is 2. The summed E-state index contributed by atoms with van der Waals surface area (Å²) < 4.78 is 5.07. The Labute approximate surface area is 81.2 Å². The maximum Gasteiger partial charge on any atom is 0.0613 e. The number of methoxy groups -OCH3 is 1. The Morgan fingerprint density at radius 2 is 2.15 bits per heavy atom. The molecule has 13 heavy (non-hydrogen) atoms. The molecular weight excluding hydrogens is 164 g/mol. The number of nitrogens with one attached hydrogen (secondary N) is 2. The summed E-state index contributed by atoms with van der Waals surface area (Å²) in [5.74, 6) is 0.862. The van der Waals surface area contributed by atoms with Crippen LogP contribution < -0.4 is 10.6 Å². The Bertz CT molecular complexity index is 124. The molecule has 1 aliphatic rings. The van der Waals surface area contributed by atoms with Crippen molar-refractivity contribution in [2.75, 3.05) is 33.4 Å². The summed E-state index contributed by atoms with van der Waals surface area (Å²) >= 11 is 0. The van der Waals surface area contributed by atoms with E-state index in [0.717, 1.165) is 19.1 Å². The van der Waals surface area contributed by atoms with Crippen molar-refractivity contribution in [1.29, 1.82) is 0 Å². The van der Waals surface area contributed by atoms with Gasteiger partial charge in [-0.05, 0) is 45.3 Å². The van der Waals surface area contributed by atoms with Gasteiger partial charge in [0.05, 0.1) is 6.61 Å². The van der Waals surface area contributed by atoms with Gasteiger partial charge in [-0.3, -0.25) is 0 Å². The maximum absolute atomic E-state index is 5.07. The van der Waals surface area contributed by atoms with Crippen molar-refractivity contribution in [2.45, 2.75) is 25.8 Å². The number of piperidine rings is 1. The minimum absolute atomic E-state index is 0.486. The van der Waals surface area contributed by atoms with Crippen molar-refractivity contribution >= 4 is 0 Å². The molecule has 1 aliphatic heterocycles. The zero-order chi connectivity index (χ0) is 9.52. The summed E-state index contributed by atoms with van der Waals surface area (Å²) in [7, 11) is 1.75. The third-order valence-electron chi connectivity index (χ3n) is 2.63. The summed E-state index contributed by atoms with van der Waals surface area (Å²) in [5, 5.41) is 6.88. The second-order valence-corrected chi connectivity index (χ2v) is 3.96. The average Bonchev–Trinajstić information content (AvgIpc) is 2.17. The molecule has 0 saturated carbocycles. The van der Waals surface area contributed by atoms with Crippen LogP contribution in [-0.4, -0.2) is 39.4 Å². The molecule has 0 aliphatic carbocycles. The smallest absolute Gasteiger partial charge is 0.0613 e. The highest BCUT2D eigenvalue weighted by atomic mass is 16.5. The standard InChI is InChI=1S/C10H22N2O/c1-9(8-13-2)12-7-10-3-5-11-6-4-10/h9-12H,3-8H2,1-2H3. The second-order valence-electron chi connectivity index (χ2n) is 3.96. The van der Waals surface area contributed by atoms with Crippen molar-refractivity contribution in [2.24, 2.45) is 5.92 Å². The molecule has 1 fully saturated rings. The molecule has 1 rings (SSSR count). The lowest BCUT2D eigenvalue weighted by molar-refractivity contribution is 0.168. The molecule has 1 saturated heterocycles. The van der Waals surface area contributed by atoms with Gasteiger partial charge in [-0.2, -0.15) is 0 Å². The van der Waals surface area contributed by atoms with Gasteiger partial charge in [-0.15, -0.1) is 0 Å². The van der Waals surface area contributed by atoms with Gasteiger partial charge >= 0.3 is 0 Å². The van der Waals surface area contributed by atoms with E-state index in [-0.39, 0.29) is 0 Å². The molecule has 0 spiro atoms. The second kappa shape index (κ2) is 6.35. The lowest BCUT2D eigenvalue weighted by Crippen LogP contribution is -2.38. The average molecular weight is 186 g/mol. The van der Waals surface area contributed by atoms with Gasteiger partial charge < -0.3 is 15.4 Å². The normalized spacial score (nSPS) is 21.7. The molecule has 3 heteroatoms. The Morgan fingerprint density at radius 3 is 2.77 bits per heavy atom. The molecule has 0 amide bonds. The van der Waals surface area contributed by atoms with Crippen molar-refractivity contribution in [3.05, 3.63) is 0 Å². The molecule has 1 atom stereocenters. The van der Waals surface area contributed by atoms with Gasteiger partial charge in [0, 0.05) is 13.2 Å². The third kappa shape index (κ3) is 4.60. The van der Waals surface area contributed by atoms with E-state index in [1.54, 1.807) is 7.11 Å². The Kier molecular flexibility index (Phi) is 5.35. The first-order valence-electron chi connectivity index (χ1n) is 5.26. The van der Waals surface area contributed by atoms with E-state index in [1.165, 1.54) is 25.9 Å². The van der Waals surface area contributed by atoms with Crippen LogP contribution in [0.15, 0.2) is 0 Å². The minimum Gasteiger partial charge on any atom is -0.383 e. The zero-order valence-electron chi connectivity index (χ0n) is 8.81. The minimum atomic E-state index is 0.486. The maximum atomic E-state index is 5.07. The van der Waals surface area contributed by atoms with E-state index < -0.39 is 0 Å². The van der Waals surface area contributed by atoms with Crippen molar-refractivity contribution in [3.63, 3.8) is 0 Å². The first kappa shape index (κ1) is 11.0. The lowest BCUT2D eigenvalue weighted by Gasteiger charge is -2.24. The third-order valence-corrected chi connectivity index (χ3v) is 2.63. The van der Waals surface area contributed by atoms with Crippen LogP contribution in [0.4, 0.5) is 0 Å². The monoisotopic (exact) mass is 186 g/mol. The van der Waals surface area contributed by atoms with Gasteiger partial charge in [0.2, 0.25) is 0 Å². The number of hydrogen-bond acceptors (Lipinski definition) is 3. The highest BCUT2D eigenvalue weighted by Crippen LogP contribution is 2.09. The van der Waals surface area contributed by atoms with Crippen molar-refractivity contribution in [3.8, 4) is 0 Å². The molecule has 78 valence electrons. The van der Waals surface area contributed by atoms with Gasteiger partial charge in [0.1, 0.15) is 0 Å². The summed E-state index contributed by atoms with van der Waals surface area (Å²) in [6.45, 7) is 6.50. The molecule has 0 aromatic carbocycles. The predicted octanol–water partition coefficient (Wildman–Crippen LogP) is 0.610. The van der Waals surface area contributed by atoms with Crippen LogP contribution >= 0.6 is 0 Å². The van der Waals surface area contributed by atoms with Gasteiger partial charge in [-0.1, -0.05) is 0 Å². The fourth-order valence-corrected chi connectivity index (χ4v) is 1.76. The molecular formula is C10H22N2O. The predicted molar refractivity (Wildman–Crippen MR) is 54.9 cm³/mol. The largest absolute Gasteiger partial charge is 0.383 e. The van der Waals surface area contributed by atoms with E-state index in [1.807, 2.05) is 0 Å².